The molecule has 1 N–H and O–H groups in total. The highest BCUT2D eigenvalue weighted by atomic mass is 16.2. The van der Waals surface area contributed by atoms with E-state index in [0.29, 0.717) is 24.7 Å². The molecule has 0 fully saturated rings. The van der Waals surface area contributed by atoms with Crippen LogP contribution in [-0.2, 0) is 19.4 Å². The van der Waals surface area contributed by atoms with E-state index in [4.69, 9.17) is 0 Å². The summed E-state index contributed by atoms with van der Waals surface area (Å²) in [7, 11) is 0. The van der Waals surface area contributed by atoms with Gasteiger partial charge in [-0.1, -0.05) is 50.2 Å². The molecule has 2 heterocycles. The van der Waals surface area contributed by atoms with Gasteiger partial charge >= 0.3 is 0 Å². The lowest BCUT2D eigenvalue weighted by Crippen LogP contribution is -2.32. The fourth-order valence-electron chi connectivity index (χ4n) is 3.05. The minimum atomic E-state index is -0.0546. The predicted octanol–water partition coefficient (Wildman–Crippen LogP) is 3.89. The minimum absolute atomic E-state index is 0.0546. The van der Waals surface area contributed by atoms with Gasteiger partial charge in [-0.15, -0.1) is 0 Å². The second-order valence-corrected chi connectivity index (χ2v) is 7.20. The number of carbonyl (C=O) groups excluding carboxylic acids is 1. The number of aromatic nitrogens is 3. The summed E-state index contributed by atoms with van der Waals surface area (Å²) >= 11 is 0. The summed E-state index contributed by atoms with van der Waals surface area (Å²) in [6, 6.07) is 16.0. The second kappa shape index (κ2) is 9.12. The molecule has 1 amide bonds. The van der Waals surface area contributed by atoms with Crippen LogP contribution in [-0.4, -0.2) is 32.5 Å². The van der Waals surface area contributed by atoms with Crippen molar-refractivity contribution in [1.82, 2.24) is 20.1 Å². The van der Waals surface area contributed by atoms with Gasteiger partial charge < -0.3 is 4.90 Å². The lowest BCUT2D eigenvalue weighted by molar-refractivity contribution is 0.0739. The second-order valence-electron chi connectivity index (χ2n) is 7.20. The summed E-state index contributed by atoms with van der Waals surface area (Å²) in [4.78, 5) is 19.1. The lowest BCUT2D eigenvalue weighted by atomic mass is 10.1. The zero-order valence-corrected chi connectivity index (χ0v) is 15.9. The quantitative estimate of drug-likeness (QED) is 0.661. The smallest absolute Gasteiger partial charge is 0.274 e. The fourth-order valence-corrected chi connectivity index (χ4v) is 3.05. The van der Waals surface area contributed by atoms with Crippen molar-refractivity contribution in [3.05, 3.63) is 83.4 Å². The Morgan fingerprint density at radius 2 is 1.89 bits per heavy atom. The van der Waals surface area contributed by atoms with Crippen molar-refractivity contribution in [2.24, 2.45) is 5.92 Å². The van der Waals surface area contributed by atoms with Gasteiger partial charge in [0.25, 0.3) is 5.91 Å². The number of benzene rings is 1. The number of carbonyl (C=O) groups is 1. The third kappa shape index (κ3) is 5.51. The zero-order valence-electron chi connectivity index (χ0n) is 15.9. The minimum Gasteiger partial charge on any atom is -0.333 e. The number of aromatic amines is 1. The van der Waals surface area contributed by atoms with E-state index in [1.807, 2.05) is 41.3 Å². The molecule has 0 aliphatic heterocycles. The number of hydrogen-bond donors (Lipinski definition) is 1. The number of hydrogen-bond acceptors (Lipinski definition) is 3. The van der Waals surface area contributed by atoms with E-state index in [1.54, 1.807) is 12.4 Å². The Morgan fingerprint density at radius 1 is 1.11 bits per heavy atom. The van der Waals surface area contributed by atoms with E-state index in [9.17, 15) is 4.79 Å². The number of H-pyrrole nitrogens is 1. The molecule has 3 aromatic rings. The number of amides is 1. The average Bonchev–Trinajstić information content (AvgIpc) is 3.14. The van der Waals surface area contributed by atoms with Crippen LogP contribution in [0, 0.1) is 5.92 Å². The predicted molar refractivity (Wildman–Crippen MR) is 106 cm³/mol. The van der Waals surface area contributed by atoms with Crippen LogP contribution in [0.2, 0.25) is 0 Å². The van der Waals surface area contributed by atoms with Crippen molar-refractivity contribution in [2.45, 2.75) is 33.2 Å². The zero-order chi connectivity index (χ0) is 19.1. The molecule has 0 radical (unpaired) electrons. The van der Waals surface area contributed by atoms with Crippen LogP contribution in [0.3, 0.4) is 0 Å². The van der Waals surface area contributed by atoms with Gasteiger partial charge in [-0.3, -0.25) is 14.9 Å². The Kier molecular flexibility index (Phi) is 6.36. The molecule has 27 heavy (non-hydrogen) atoms. The first-order valence-corrected chi connectivity index (χ1v) is 9.38. The Hall–Kier alpha value is -2.95. The largest absolute Gasteiger partial charge is 0.333 e. The van der Waals surface area contributed by atoms with Gasteiger partial charge in [0, 0.05) is 31.2 Å². The molecule has 2 aromatic heterocycles. The Bertz CT molecular complexity index is 843. The van der Waals surface area contributed by atoms with E-state index in [2.05, 4.69) is 41.2 Å². The van der Waals surface area contributed by atoms with Crippen molar-refractivity contribution in [3.63, 3.8) is 0 Å². The highest BCUT2D eigenvalue weighted by molar-refractivity contribution is 5.92. The standard InChI is InChI=1S/C22H26N4O/c1-17(2)13-20-14-21(25-24-20)22(27)26(16-19-9-6-11-23-15-19)12-10-18-7-4-3-5-8-18/h3-9,11,14-15,17H,10,12-13,16H2,1-2H3,(H,24,25). The van der Waals surface area contributed by atoms with E-state index in [1.165, 1.54) is 5.56 Å². The van der Waals surface area contributed by atoms with Crippen molar-refractivity contribution >= 4 is 5.91 Å². The van der Waals surface area contributed by atoms with E-state index in [-0.39, 0.29) is 5.91 Å². The molecule has 140 valence electrons. The van der Waals surface area contributed by atoms with Gasteiger partial charge in [-0.05, 0) is 42.0 Å². The molecule has 5 heteroatoms. The molecule has 0 bridgehead atoms. The molecule has 1 aromatic carbocycles. The maximum Gasteiger partial charge on any atom is 0.274 e. The van der Waals surface area contributed by atoms with Gasteiger partial charge in [0.2, 0.25) is 0 Å². The SMILES string of the molecule is CC(C)Cc1cc(C(=O)N(CCc2ccccc2)Cc2cccnc2)n[nH]1. The maximum absolute atomic E-state index is 13.1. The first-order chi connectivity index (χ1) is 13.1. The van der Waals surface area contributed by atoms with Crippen molar-refractivity contribution in [3.8, 4) is 0 Å². The molecule has 0 unspecified atom stereocenters. The first kappa shape index (κ1) is 18.8. The number of nitrogens with one attached hydrogen (secondary N) is 1. The Labute approximate surface area is 160 Å². The number of nitrogens with zero attached hydrogens (tertiary/aromatic N) is 3. The van der Waals surface area contributed by atoms with Gasteiger partial charge in [-0.2, -0.15) is 5.10 Å². The van der Waals surface area contributed by atoms with Crippen LogP contribution in [0.1, 0.15) is 41.2 Å². The highest BCUT2D eigenvalue weighted by Crippen LogP contribution is 2.13. The number of pyridine rings is 1. The Balaban J connectivity index is 1.75. The molecule has 0 aliphatic carbocycles. The third-order valence-electron chi connectivity index (χ3n) is 4.37. The van der Waals surface area contributed by atoms with Crippen LogP contribution >= 0.6 is 0 Å². The summed E-state index contributed by atoms with van der Waals surface area (Å²) in [5.41, 5.74) is 3.70. The topological polar surface area (TPSA) is 61.9 Å². The highest BCUT2D eigenvalue weighted by Gasteiger charge is 2.19. The molecular weight excluding hydrogens is 336 g/mol. The molecule has 5 nitrogen and oxygen atoms in total. The van der Waals surface area contributed by atoms with Crippen LogP contribution in [0.4, 0.5) is 0 Å². The number of rotatable bonds is 8. The van der Waals surface area contributed by atoms with Gasteiger partial charge in [-0.25, -0.2) is 0 Å². The van der Waals surface area contributed by atoms with Crippen LogP contribution in [0.5, 0.6) is 0 Å². The Morgan fingerprint density at radius 3 is 2.59 bits per heavy atom. The molecule has 0 aliphatic rings. The summed E-state index contributed by atoms with van der Waals surface area (Å²) in [6.45, 7) is 5.45. The lowest BCUT2D eigenvalue weighted by Gasteiger charge is -2.22. The van der Waals surface area contributed by atoms with E-state index in [0.717, 1.165) is 24.1 Å². The third-order valence-corrected chi connectivity index (χ3v) is 4.37. The van der Waals surface area contributed by atoms with Gasteiger partial charge in [0.1, 0.15) is 5.69 Å². The van der Waals surface area contributed by atoms with E-state index < -0.39 is 0 Å². The molecule has 0 saturated carbocycles. The summed E-state index contributed by atoms with van der Waals surface area (Å²) in [5.74, 6) is 0.457. The summed E-state index contributed by atoms with van der Waals surface area (Å²) in [5, 5.41) is 7.26. The van der Waals surface area contributed by atoms with Gasteiger partial charge in [0.05, 0.1) is 0 Å². The monoisotopic (exact) mass is 362 g/mol. The molecule has 0 saturated heterocycles. The molecule has 0 atom stereocenters. The summed E-state index contributed by atoms with van der Waals surface area (Å²) in [6.07, 6.45) is 5.23. The molecule has 3 rings (SSSR count). The van der Waals surface area contributed by atoms with Crippen molar-refractivity contribution < 1.29 is 4.79 Å². The molecule has 0 spiro atoms. The van der Waals surface area contributed by atoms with Crippen LogP contribution in [0.15, 0.2) is 60.9 Å². The fraction of sp³-hybridized carbons (Fsp3) is 0.318. The van der Waals surface area contributed by atoms with Crippen molar-refractivity contribution in [1.29, 1.82) is 0 Å². The maximum atomic E-state index is 13.1. The van der Waals surface area contributed by atoms with Crippen LogP contribution < -0.4 is 0 Å². The van der Waals surface area contributed by atoms with E-state index >= 15 is 0 Å². The normalized spacial score (nSPS) is 10.9. The van der Waals surface area contributed by atoms with Crippen LogP contribution in [0.25, 0.3) is 0 Å². The molecular formula is C22H26N4O. The van der Waals surface area contributed by atoms with Crippen molar-refractivity contribution in [2.75, 3.05) is 6.54 Å². The average molecular weight is 362 g/mol. The van der Waals surface area contributed by atoms with Gasteiger partial charge in [0.15, 0.2) is 0 Å². The summed E-state index contributed by atoms with van der Waals surface area (Å²) < 4.78 is 0. The first-order valence-electron chi connectivity index (χ1n) is 9.38.